The predicted molar refractivity (Wildman–Crippen MR) is 91.8 cm³/mol. The Morgan fingerprint density at radius 1 is 1.14 bits per heavy atom. The van der Waals surface area contributed by atoms with E-state index in [1.54, 1.807) is 0 Å². The molecule has 1 rings (SSSR count). The summed E-state index contributed by atoms with van der Waals surface area (Å²) < 4.78 is 0. The Hall–Kier alpha value is -1.06. The molecule has 0 fully saturated rings. The van der Waals surface area contributed by atoms with Crippen LogP contribution in [0.25, 0.3) is 0 Å². The van der Waals surface area contributed by atoms with Crippen LogP contribution in [0.5, 0.6) is 0 Å². The van der Waals surface area contributed by atoms with E-state index in [4.69, 9.17) is 5.73 Å². The number of unbranched alkanes of at least 4 members (excludes halogenated alkanes) is 1. The van der Waals surface area contributed by atoms with Crippen LogP contribution in [0.3, 0.4) is 0 Å². The molecule has 0 spiro atoms. The first-order valence-electron chi connectivity index (χ1n) is 7.78. The van der Waals surface area contributed by atoms with E-state index in [2.05, 4.69) is 19.2 Å². The van der Waals surface area contributed by atoms with Gasteiger partial charge in [-0.05, 0) is 18.4 Å². The second-order valence-corrected chi connectivity index (χ2v) is 5.34. The molecule has 0 aliphatic carbocycles. The van der Waals surface area contributed by atoms with Gasteiger partial charge in [0.05, 0.1) is 5.92 Å². The van der Waals surface area contributed by atoms with Crippen LogP contribution in [0.15, 0.2) is 30.3 Å². The minimum absolute atomic E-state index is 0. The lowest BCUT2D eigenvalue weighted by atomic mass is 9.93. The van der Waals surface area contributed by atoms with Crippen molar-refractivity contribution in [3.63, 3.8) is 0 Å². The van der Waals surface area contributed by atoms with Crippen molar-refractivity contribution in [2.75, 3.05) is 6.54 Å². The van der Waals surface area contributed by atoms with Gasteiger partial charge in [-0.1, -0.05) is 63.4 Å². The topological polar surface area (TPSA) is 55.1 Å². The summed E-state index contributed by atoms with van der Waals surface area (Å²) in [6.45, 7) is 4.78. The summed E-state index contributed by atoms with van der Waals surface area (Å²) in [5.41, 5.74) is 6.86. The van der Waals surface area contributed by atoms with Gasteiger partial charge in [0.2, 0.25) is 5.91 Å². The maximum atomic E-state index is 12.5. The molecule has 0 heterocycles. The number of rotatable bonds is 9. The van der Waals surface area contributed by atoms with Gasteiger partial charge in [0.25, 0.3) is 0 Å². The van der Waals surface area contributed by atoms with Crippen LogP contribution >= 0.6 is 12.4 Å². The Labute approximate surface area is 135 Å². The molecular formula is C17H29ClN2O. The smallest absolute Gasteiger partial charge is 0.227 e. The van der Waals surface area contributed by atoms with Gasteiger partial charge in [-0.15, -0.1) is 12.4 Å². The van der Waals surface area contributed by atoms with Gasteiger partial charge >= 0.3 is 0 Å². The molecular weight excluding hydrogens is 284 g/mol. The van der Waals surface area contributed by atoms with Gasteiger partial charge in [-0.25, -0.2) is 0 Å². The fraction of sp³-hybridized carbons (Fsp3) is 0.588. The molecule has 0 radical (unpaired) electrons. The highest BCUT2D eigenvalue weighted by Crippen LogP contribution is 2.21. The average Bonchev–Trinajstić information content (AvgIpc) is 2.49. The van der Waals surface area contributed by atoms with E-state index in [1.165, 1.54) is 0 Å². The molecule has 4 heteroatoms. The largest absolute Gasteiger partial charge is 0.352 e. The maximum absolute atomic E-state index is 12.5. The zero-order valence-corrected chi connectivity index (χ0v) is 14.0. The van der Waals surface area contributed by atoms with E-state index < -0.39 is 0 Å². The highest BCUT2D eigenvalue weighted by atomic mass is 35.5. The number of carbonyl (C=O) groups excluding carboxylic acids is 1. The number of hydrogen-bond acceptors (Lipinski definition) is 2. The number of benzene rings is 1. The Balaban J connectivity index is 0.00000400. The molecule has 0 saturated carbocycles. The lowest BCUT2D eigenvalue weighted by Gasteiger charge is -2.22. The van der Waals surface area contributed by atoms with Crippen molar-refractivity contribution in [3.8, 4) is 0 Å². The van der Waals surface area contributed by atoms with Crippen molar-refractivity contribution in [2.45, 2.75) is 57.9 Å². The number of hydrogen-bond donors (Lipinski definition) is 2. The van der Waals surface area contributed by atoms with Gasteiger partial charge < -0.3 is 11.1 Å². The average molecular weight is 313 g/mol. The molecule has 1 aromatic carbocycles. The van der Waals surface area contributed by atoms with Crippen molar-refractivity contribution in [1.82, 2.24) is 5.32 Å². The molecule has 21 heavy (non-hydrogen) atoms. The van der Waals surface area contributed by atoms with Crippen LogP contribution in [0, 0.1) is 0 Å². The Bertz CT molecular complexity index is 384. The summed E-state index contributed by atoms with van der Waals surface area (Å²) in [5.74, 6) is 0.0569. The maximum Gasteiger partial charge on any atom is 0.227 e. The van der Waals surface area contributed by atoms with E-state index in [0.717, 1.165) is 37.7 Å². The van der Waals surface area contributed by atoms with Crippen LogP contribution in [0.2, 0.25) is 0 Å². The highest BCUT2D eigenvalue weighted by molar-refractivity contribution is 5.85. The Morgan fingerprint density at radius 2 is 1.81 bits per heavy atom. The van der Waals surface area contributed by atoms with E-state index in [0.29, 0.717) is 6.54 Å². The number of nitrogens with one attached hydrogen (secondary N) is 1. The molecule has 2 unspecified atom stereocenters. The first kappa shape index (κ1) is 19.9. The number of amides is 1. The van der Waals surface area contributed by atoms with E-state index in [1.807, 2.05) is 30.3 Å². The van der Waals surface area contributed by atoms with Gasteiger partial charge in [-0.2, -0.15) is 0 Å². The quantitative estimate of drug-likeness (QED) is 0.731. The third-order valence-corrected chi connectivity index (χ3v) is 3.63. The Morgan fingerprint density at radius 3 is 2.33 bits per heavy atom. The summed E-state index contributed by atoms with van der Waals surface area (Å²) in [6, 6.07) is 10.1. The van der Waals surface area contributed by atoms with E-state index in [9.17, 15) is 4.79 Å². The van der Waals surface area contributed by atoms with Crippen LogP contribution < -0.4 is 11.1 Å². The van der Waals surface area contributed by atoms with Crippen LogP contribution in [0.4, 0.5) is 0 Å². The zero-order chi connectivity index (χ0) is 14.8. The minimum Gasteiger partial charge on any atom is -0.352 e. The molecule has 0 saturated heterocycles. The van der Waals surface area contributed by atoms with Crippen molar-refractivity contribution in [2.24, 2.45) is 5.73 Å². The fourth-order valence-electron chi connectivity index (χ4n) is 2.42. The van der Waals surface area contributed by atoms with Crippen LogP contribution in [-0.4, -0.2) is 18.5 Å². The van der Waals surface area contributed by atoms with Gasteiger partial charge in [0, 0.05) is 12.6 Å². The minimum atomic E-state index is -0.0584. The highest BCUT2D eigenvalue weighted by Gasteiger charge is 2.21. The van der Waals surface area contributed by atoms with Crippen molar-refractivity contribution in [3.05, 3.63) is 35.9 Å². The first-order chi connectivity index (χ1) is 9.72. The summed E-state index contributed by atoms with van der Waals surface area (Å²) in [6.07, 6.45) is 5.07. The zero-order valence-electron chi connectivity index (χ0n) is 13.2. The number of nitrogens with two attached hydrogens (primary N) is 1. The predicted octanol–water partition coefficient (Wildman–Crippen LogP) is 3.63. The number of halogens is 1. The van der Waals surface area contributed by atoms with E-state index >= 15 is 0 Å². The van der Waals surface area contributed by atoms with Crippen molar-refractivity contribution >= 4 is 18.3 Å². The van der Waals surface area contributed by atoms with Crippen LogP contribution in [-0.2, 0) is 4.79 Å². The summed E-state index contributed by atoms with van der Waals surface area (Å²) >= 11 is 0. The lowest BCUT2D eigenvalue weighted by Crippen LogP contribution is -2.42. The summed E-state index contributed by atoms with van der Waals surface area (Å²) in [5, 5.41) is 3.12. The van der Waals surface area contributed by atoms with Crippen molar-refractivity contribution < 1.29 is 4.79 Å². The number of carbonyl (C=O) groups is 1. The van der Waals surface area contributed by atoms with E-state index in [-0.39, 0.29) is 30.3 Å². The van der Waals surface area contributed by atoms with Gasteiger partial charge in [-0.3, -0.25) is 4.79 Å². The SMILES string of the molecule is CCCCC(CN)NC(=O)C(CCC)c1ccccc1.Cl. The third-order valence-electron chi connectivity index (χ3n) is 3.63. The van der Waals surface area contributed by atoms with Crippen molar-refractivity contribution in [1.29, 1.82) is 0 Å². The van der Waals surface area contributed by atoms with Crippen LogP contribution in [0.1, 0.15) is 57.4 Å². The molecule has 0 aromatic heterocycles. The molecule has 0 aliphatic heterocycles. The fourth-order valence-corrected chi connectivity index (χ4v) is 2.42. The second kappa shape index (κ2) is 11.6. The Kier molecular flexibility index (Phi) is 11.0. The molecule has 3 N–H and O–H groups in total. The molecule has 0 bridgehead atoms. The normalized spacial score (nSPS) is 13.1. The third kappa shape index (κ3) is 6.96. The van der Waals surface area contributed by atoms with Gasteiger partial charge in [0.15, 0.2) is 0 Å². The monoisotopic (exact) mass is 312 g/mol. The molecule has 3 nitrogen and oxygen atoms in total. The first-order valence-corrected chi connectivity index (χ1v) is 7.78. The molecule has 120 valence electrons. The molecule has 1 aromatic rings. The second-order valence-electron chi connectivity index (χ2n) is 5.34. The summed E-state index contributed by atoms with van der Waals surface area (Å²) in [7, 11) is 0. The molecule has 1 amide bonds. The molecule has 2 atom stereocenters. The lowest BCUT2D eigenvalue weighted by molar-refractivity contribution is -0.123. The molecule has 0 aliphatic rings. The summed E-state index contributed by atoms with van der Waals surface area (Å²) in [4.78, 5) is 12.5. The van der Waals surface area contributed by atoms with Gasteiger partial charge in [0.1, 0.15) is 0 Å². The standard InChI is InChI=1S/C17H28N2O.ClH/c1-3-5-12-15(13-18)19-17(20)16(9-4-2)14-10-7-6-8-11-14;/h6-8,10-11,15-16H,3-5,9,12-13,18H2,1-2H3,(H,19,20);1H.